The van der Waals surface area contributed by atoms with Gasteiger partial charge in [0, 0.05) is 12.6 Å². The van der Waals surface area contributed by atoms with Crippen LogP contribution < -0.4 is 0 Å². The van der Waals surface area contributed by atoms with E-state index in [0.717, 1.165) is 12.1 Å². The summed E-state index contributed by atoms with van der Waals surface area (Å²) in [6.07, 6.45) is 1.46. The van der Waals surface area contributed by atoms with Crippen LogP contribution in [0.25, 0.3) is 0 Å². The van der Waals surface area contributed by atoms with E-state index < -0.39 is 12.0 Å². The van der Waals surface area contributed by atoms with Gasteiger partial charge in [0.2, 0.25) is 5.91 Å². The largest absolute Gasteiger partial charge is 0.467 e. The van der Waals surface area contributed by atoms with Crippen molar-refractivity contribution in [1.82, 2.24) is 10.1 Å². The first-order chi connectivity index (χ1) is 9.95. The Balaban J connectivity index is 2.24. The molecule has 0 bridgehead atoms. The Morgan fingerprint density at radius 1 is 1.48 bits per heavy atom. The number of ether oxygens (including phenoxy) is 1. The lowest BCUT2D eigenvalue weighted by atomic mass is 9.91. The summed E-state index contributed by atoms with van der Waals surface area (Å²) in [7, 11) is 1.35. The monoisotopic (exact) mass is 294 g/mol. The first-order valence-electron chi connectivity index (χ1n) is 7.27. The molecule has 6 nitrogen and oxygen atoms in total. The zero-order valence-electron chi connectivity index (χ0n) is 13.0. The second kappa shape index (κ2) is 6.28. The normalized spacial score (nSPS) is 19.9. The summed E-state index contributed by atoms with van der Waals surface area (Å²) < 4.78 is 10.1. The third kappa shape index (κ3) is 3.09. The maximum atomic E-state index is 12.9. The number of amides is 1. The van der Waals surface area contributed by atoms with Crippen LogP contribution in [0.15, 0.2) is 10.6 Å². The first-order valence-corrected chi connectivity index (χ1v) is 7.27. The number of carbonyl (C=O) groups is 2. The Morgan fingerprint density at radius 2 is 2.19 bits per heavy atom. The Morgan fingerprint density at radius 3 is 2.71 bits per heavy atom. The Hall–Kier alpha value is -1.85. The Labute approximate surface area is 124 Å². The molecule has 21 heavy (non-hydrogen) atoms. The maximum Gasteiger partial charge on any atom is 0.328 e. The van der Waals surface area contributed by atoms with Gasteiger partial charge < -0.3 is 14.2 Å². The van der Waals surface area contributed by atoms with Crippen molar-refractivity contribution in [3.63, 3.8) is 0 Å². The van der Waals surface area contributed by atoms with Gasteiger partial charge in [-0.15, -0.1) is 0 Å². The van der Waals surface area contributed by atoms with Gasteiger partial charge in [0.1, 0.15) is 17.7 Å². The Kier molecular flexibility index (Phi) is 4.65. The third-order valence-electron chi connectivity index (χ3n) is 3.89. The third-order valence-corrected chi connectivity index (χ3v) is 3.89. The standard InChI is InChI=1S/C15H22N2O4/c1-9(2)13(12-8-10(3)16-21-12)14(18)17-7-5-6-11(17)15(19)20-4/h8-9,11,13H,5-7H2,1-4H3. The highest BCUT2D eigenvalue weighted by molar-refractivity contribution is 5.89. The molecule has 1 aliphatic rings. The average molecular weight is 294 g/mol. The highest BCUT2D eigenvalue weighted by atomic mass is 16.5. The van der Waals surface area contributed by atoms with Crippen molar-refractivity contribution in [1.29, 1.82) is 0 Å². The number of rotatable bonds is 4. The van der Waals surface area contributed by atoms with Crippen molar-refractivity contribution in [3.05, 3.63) is 17.5 Å². The maximum absolute atomic E-state index is 12.9. The van der Waals surface area contributed by atoms with Crippen molar-refractivity contribution >= 4 is 11.9 Å². The molecule has 0 aliphatic carbocycles. The van der Waals surface area contributed by atoms with E-state index in [2.05, 4.69) is 5.16 Å². The number of carbonyl (C=O) groups excluding carboxylic acids is 2. The minimum absolute atomic E-state index is 0.0590. The van der Waals surface area contributed by atoms with Gasteiger partial charge in [0.15, 0.2) is 0 Å². The second-order valence-corrected chi connectivity index (χ2v) is 5.81. The van der Waals surface area contributed by atoms with Crippen molar-refractivity contribution < 1.29 is 18.8 Å². The number of aryl methyl sites for hydroxylation is 1. The molecule has 1 aromatic heterocycles. The molecule has 1 aromatic rings. The molecule has 2 atom stereocenters. The van der Waals surface area contributed by atoms with Gasteiger partial charge >= 0.3 is 5.97 Å². The summed E-state index contributed by atoms with van der Waals surface area (Å²) in [6.45, 7) is 6.32. The Bertz CT molecular complexity index is 523. The van der Waals surface area contributed by atoms with Crippen LogP contribution in [0.4, 0.5) is 0 Å². The molecule has 2 unspecified atom stereocenters. The lowest BCUT2D eigenvalue weighted by molar-refractivity contribution is -0.152. The number of methoxy groups -OCH3 is 1. The van der Waals surface area contributed by atoms with E-state index in [1.807, 2.05) is 20.8 Å². The topological polar surface area (TPSA) is 72.6 Å². The van der Waals surface area contributed by atoms with Gasteiger partial charge in [-0.05, 0) is 25.7 Å². The van der Waals surface area contributed by atoms with Gasteiger partial charge in [-0.25, -0.2) is 4.79 Å². The average Bonchev–Trinajstić information content (AvgIpc) is 3.06. The molecule has 0 radical (unpaired) electrons. The van der Waals surface area contributed by atoms with Gasteiger partial charge in [0.05, 0.1) is 12.8 Å². The fraction of sp³-hybridized carbons (Fsp3) is 0.667. The first kappa shape index (κ1) is 15.5. The number of hydrogen-bond acceptors (Lipinski definition) is 5. The summed E-state index contributed by atoms with van der Waals surface area (Å²) in [5, 5.41) is 3.86. The molecule has 116 valence electrons. The van der Waals surface area contributed by atoms with Crippen LogP contribution >= 0.6 is 0 Å². The van der Waals surface area contributed by atoms with Crippen LogP contribution in [0.3, 0.4) is 0 Å². The lowest BCUT2D eigenvalue weighted by Crippen LogP contribution is -2.44. The number of nitrogens with zero attached hydrogens (tertiary/aromatic N) is 2. The summed E-state index contributed by atoms with van der Waals surface area (Å²) in [5.74, 6) is -0.241. The molecule has 2 heterocycles. The van der Waals surface area contributed by atoms with Crippen molar-refractivity contribution in [2.45, 2.75) is 45.6 Å². The second-order valence-electron chi connectivity index (χ2n) is 5.81. The lowest BCUT2D eigenvalue weighted by Gasteiger charge is -2.28. The van der Waals surface area contributed by atoms with Gasteiger partial charge in [-0.1, -0.05) is 19.0 Å². The van der Waals surface area contributed by atoms with Crippen LogP contribution in [0, 0.1) is 12.8 Å². The molecular formula is C15H22N2O4. The highest BCUT2D eigenvalue weighted by Gasteiger charge is 2.40. The fourth-order valence-electron chi connectivity index (χ4n) is 2.86. The molecule has 1 aliphatic heterocycles. The zero-order valence-corrected chi connectivity index (χ0v) is 13.0. The van der Waals surface area contributed by atoms with E-state index in [1.165, 1.54) is 7.11 Å². The number of hydrogen-bond donors (Lipinski definition) is 0. The zero-order chi connectivity index (χ0) is 15.6. The van der Waals surface area contributed by atoms with Crippen molar-refractivity contribution in [2.75, 3.05) is 13.7 Å². The molecule has 1 fully saturated rings. The fourth-order valence-corrected chi connectivity index (χ4v) is 2.86. The van der Waals surface area contributed by atoms with Crippen LogP contribution in [-0.2, 0) is 14.3 Å². The number of aromatic nitrogens is 1. The van der Waals surface area contributed by atoms with Crippen LogP contribution in [0.5, 0.6) is 0 Å². The van der Waals surface area contributed by atoms with Crippen LogP contribution in [-0.4, -0.2) is 41.6 Å². The predicted molar refractivity (Wildman–Crippen MR) is 75.6 cm³/mol. The molecule has 1 saturated heterocycles. The van der Waals surface area contributed by atoms with E-state index in [0.29, 0.717) is 18.7 Å². The summed E-state index contributed by atoms with van der Waals surface area (Å²) in [6, 6.07) is 1.30. The molecule has 0 saturated carbocycles. The molecule has 1 amide bonds. The molecule has 0 N–H and O–H groups in total. The van der Waals surface area contributed by atoms with E-state index in [4.69, 9.17) is 9.26 Å². The molecule has 2 rings (SSSR count). The minimum atomic E-state index is -0.479. The smallest absolute Gasteiger partial charge is 0.328 e. The summed E-state index contributed by atoms with van der Waals surface area (Å²) >= 11 is 0. The summed E-state index contributed by atoms with van der Waals surface area (Å²) in [4.78, 5) is 26.3. The van der Waals surface area contributed by atoms with Crippen LogP contribution in [0.1, 0.15) is 44.1 Å². The van der Waals surface area contributed by atoms with E-state index in [9.17, 15) is 9.59 Å². The SMILES string of the molecule is COC(=O)C1CCCN1C(=O)C(c1cc(C)no1)C(C)C. The molecule has 6 heteroatoms. The predicted octanol–water partition coefficient (Wildman–Crippen LogP) is 1.89. The molecule has 0 spiro atoms. The van der Waals surface area contributed by atoms with Crippen molar-refractivity contribution in [2.24, 2.45) is 5.92 Å². The summed E-state index contributed by atoms with van der Waals surface area (Å²) in [5.41, 5.74) is 0.745. The number of esters is 1. The van der Waals surface area contributed by atoms with E-state index in [-0.39, 0.29) is 17.8 Å². The van der Waals surface area contributed by atoms with Crippen molar-refractivity contribution in [3.8, 4) is 0 Å². The van der Waals surface area contributed by atoms with E-state index in [1.54, 1.807) is 11.0 Å². The van der Waals surface area contributed by atoms with Gasteiger partial charge in [0.25, 0.3) is 0 Å². The molecule has 0 aromatic carbocycles. The van der Waals surface area contributed by atoms with Gasteiger partial charge in [-0.2, -0.15) is 0 Å². The minimum Gasteiger partial charge on any atom is -0.467 e. The van der Waals surface area contributed by atoms with E-state index >= 15 is 0 Å². The van der Waals surface area contributed by atoms with Crippen LogP contribution in [0.2, 0.25) is 0 Å². The number of likely N-dealkylation sites (tertiary alicyclic amines) is 1. The quantitative estimate of drug-likeness (QED) is 0.793. The highest BCUT2D eigenvalue weighted by Crippen LogP contribution is 2.31. The molecular weight excluding hydrogens is 272 g/mol. The van der Waals surface area contributed by atoms with Gasteiger partial charge in [-0.3, -0.25) is 4.79 Å².